The van der Waals surface area contributed by atoms with Crippen LogP contribution in [0.15, 0.2) is 11.6 Å². The Hall–Kier alpha value is -0.260. The molecule has 3 rings (SSSR count). The highest BCUT2D eigenvalue weighted by Gasteiger charge is 2.25. The first-order chi connectivity index (χ1) is 4.36. The van der Waals surface area contributed by atoms with Crippen molar-refractivity contribution in [1.82, 2.24) is 0 Å². The Morgan fingerprint density at radius 2 is 1.89 bits per heavy atom. The largest absolute Gasteiger partial charge is 0.0819 e. The molecule has 2 bridgehead atoms. The summed E-state index contributed by atoms with van der Waals surface area (Å²) in [5, 5.41) is 0. The fourth-order valence-corrected chi connectivity index (χ4v) is 2.10. The standard InChI is InChI=1S/C9H13/c1-7-6-8-2-4-9(7)5-3-8/h6,8-9H,1-5H2. The van der Waals surface area contributed by atoms with Gasteiger partial charge in [-0.25, -0.2) is 0 Å². The van der Waals surface area contributed by atoms with Crippen LogP contribution in [-0.4, -0.2) is 0 Å². The van der Waals surface area contributed by atoms with E-state index in [1.807, 2.05) is 0 Å². The normalized spacial score (nSPS) is 40.8. The van der Waals surface area contributed by atoms with Gasteiger partial charge in [-0.1, -0.05) is 11.6 Å². The quantitative estimate of drug-likeness (QED) is 0.462. The van der Waals surface area contributed by atoms with Crippen LogP contribution in [0.25, 0.3) is 0 Å². The van der Waals surface area contributed by atoms with Gasteiger partial charge in [0.25, 0.3) is 0 Å². The molecule has 0 aliphatic heterocycles. The van der Waals surface area contributed by atoms with Crippen molar-refractivity contribution < 1.29 is 0 Å². The van der Waals surface area contributed by atoms with E-state index in [2.05, 4.69) is 13.0 Å². The highest BCUT2D eigenvalue weighted by molar-refractivity contribution is 5.17. The number of rotatable bonds is 0. The maximum atomic E-state index is 4.04. The van der Waals surface area contributed by atoms with Crippen molar-refractivity contribution >= 4 is 0 Å². The molecule has 9 heavy (non-hydrogen) atoms. The predicted molar refractivity (Wildman–Crippen MR) is 38.9 cm³/mol. The lowest BCUT2D eigenvalue weighted by Gasteiger charge is -2.33. The molecule has 0 nitrogen and oxygen atoms in total. The fraction of sp³-hybridized carbons (Fsp3) is 0.667. The van der Waals surface area contributed by atoms with Gasteiger partial charge in [-0.05, 0) is 44.4 Å². The van der Waals surface area contributed by atoms with Gasteiger partial charge in [-0.2, -0.15) is 0 Å². The molecule has 0 aromatic heterocycles. The van der Waals surface area contributed by atoms with E-state index in [0.717, 1.165) is 11.8 Å². The van der Waals surface area contributed by atoms with Crippen molar-refractivity contribution in [3.05, 3.63) is 18.6 Å². The van der Waals surface area contributed by atoms with Crippen LogP contribution in [0.4, 0.5) is 0 Å². The molecule has 3 aliphatic carbocycles. The molecule has 1 fully saturated rings. The van der Waals surface area contributed by atoms with E-state index in [1.165, 1.54) is 31.3 Å². The lowest BCUT2D eigenvalue weighted by Crippen LogP contribution is -2.20. The van der Waals surface area contributed by atoms with Crippen molar-refractivity contribution in [2.45, 2.75) is 25.7 Å². The Bertz CT molecular complexity index is 136. The van der Waals surface area contributed by atoms with Gasteiger partial charge >= 0.3 is 0 Å². The molecule has 1 saturated carbocycles. The molecule has 0 saturated heterocycles. The summed E-state index contributed by atoms with van der Waals surface area (Å²) in [4.78, 5) is 0. The third-order valence-corrected chi connectivity index (χ3v) is 2.75. The minimum atomic E-state index is 0.870. The molecule has 0 heteroatoms. The SMILES string of the molecule is [CH2]C1=CC2CCC1CC2. The molecular formula is C9H13. The average Bonchev–Trinajstić information content (AvgIpc) is 1.90. The van der Waals surface area contributed by atoms with Crippen LogP contribution >= 0.6 is 0 Å². The molecular weight excluding hydrogens is 108 g/mol. The molecule has 0 aromatic rings. The van der Waals surface area contributed by atoms with Crippen LogP contribution in [0.1, 0.15) is 25.7 Å². The van der Waals surface area contributed by atoms with Crippen molar-refractivity contribution in [3.8, 4) is 0 Å². The Morgan fingerprint density at radius 3 is 2.11 bits per heavy atom. The summed E-state index contributed by atoms with van der Waals surface area (Å²) in [6.45, 7) is 4.04. The van der Waals surface area contributed by atoms with Crippen LogP contribution in [0, 0.1) is 18.8 Å². The fourth-order valence-electron chi connectivity index (χ4n) is 2.10. The second-order valence-electron chi connectivity index (χ2n) is 3.35. The van der Waals surface area contributed by atoms with E-state index in [9.17, 15) is 0 Å². The maximum absolute atomic E-state index is 4.04. The Labute approximate surface area is 57.0 Å². The summed E-state index contributed by atoms with van der Waals surface area (Å²) >= 11 is 0. The summed E-state index contributed by atoms with van der Waals surface area (Å²) in [7, 11) is 0. The van der Waals surface area contributed by atoms with Gasteiger partial charge in [0.15, 0.2) is 0 Å². The van der Waals surface area contributed by atoms with E-state index in [0.29, 0.717) is 0 Å². The number of allylic oxidation sites excluding steroid dienone is 2. The number of hydrogen-bond acceptors (Lipinski definition) is 0. The molecule has 0 unspecified atom stereocenters. The Balaban J connectivity index is 2.25. The Kier molecular flexibility index (Phi) is 1.14. The van der Waals surface area contributed by atoms with E-state index < -0.39 is 0 Å². The van der Waals surface area contributed by atoms with Crippen molar-refractivity contribution in [3.63, 3.8) is 0 Å². The van der Waals surface area contributed by atoms with E-state index in [4.69, 9.17) is 0 Å². The molecule has 0 N–H and O–H groups in total. The summed E-state index contributed by atoms with van der Waals surface area (Å²) in [6.07, 6.45) is 8.09. The molecule has 3 aliphatic rings. The zero-order valence-corrected chi connectivity index (χ0v) is 5.77. The lowest BCUT2D eigenvalue weighted by atomic mass is 9.72. The lowest BCUT2D eigenvalue weighted by molar-refractivity contribution is 0.317. The van der Waals surface area contributed by atoms with Gasteiger partial charge in [0.05, 0.1) is 0 Å². The zero-order chi connectivity index (χ0) is 6.27. The van der Waals surface area contributed by atoms with Gasteiger partial charge in [-0.15, -0.1) is 0 Å². The minimum Gasteiger partial charge on any atom is -0.0819 e. The smallest absolute Gasteiger partial charge is 0.0203 e. The third kappa shape index (κ3) is 0.810. The Morgan fingerprint density at radius 1 is 1.22 bits per heavy atom. The van der Waals surface area contributed by atoms with Crippen LogP contribution in [0.2, 0.25) is 0 Å². The average molecular weight is 121 g/mol. The highest BCUT2D eigenvalue weighted by Crippen LogP contribution is 2.39. The predicted octanol–water partition coefficient (Wildman–Crippen LogP) is 2.57. The van der Waals surface area contributed by atoms with E-state index in [-0.39, 0.29) is 0 Å². The van der Waals surface area contributed by atoms with Crippen LogP contribution in [0.3, 0.4) is 0 Å². The summed E-state index contributed by atoms with van der Waals surface area (Å²) in [6, 6.07) is 0. The molecule has 0 spiro atoms. The highest BCUT2D eigenvalue weighted by atomic mass is 14.3. The molecule has 0 atom stereocenters. The summed E-state index contributed by atoms with van der Waals surface area (Å²) in [5.41, 5.74) is 1.43. The van der Waals surface area contributed by atoms with Crippen LogP contribution in [0.5, 0.6) is 0 Å². The molecule has 0 aromatic carbocycles. The zero-order valence-electron chi connectivity index (χ0n) is 5.77. The van der Waals surface area contributed by atoms with E-state index in [1.54, 1.807) is 0 Å². The van der Waals surface area contributed by atoms with Gasteiger partial charge in [0.1, 0.15) is 0 Å². The molecule has 49 valence electrons. The second-order valence-corrected chi connectivity index (χ2v) is 3.35. The topological polar surface area (TPSA) is 0 Å². The molecule has 0 amide bonds. The van der Waals surface area contributed by atoms with Gasteiger partial charge < -0.3 is 0 Å². The molecule has 1 radical (unpaired) electrons. The third-order valence-electron chi connectivity index (χ3n) is 2.75. The van der Waals surface area contributed by atoms with Crippen LogP contribution in [-0.2, 0) is 0 Å². The summed E-state index contributed by atoms with van der Waals surface area (Å²) < 4.78 is 0. The first kappa shape index (κ1) is 5.52. The van der Waals surface area contributed by atoms with Gasteiger partial charge in [-0.3, -0.25) is 0 Å². The first-order valence-electron chi connectivity index (χ1n) is 3.90. The van der Waals surface area contributed by atoms with Gasteiger partial charge in [0.2, 0.25) is 0 Å². The monoisotopic (exact) mass is 121 g/mol. The van der Waals surface area contributed by atoms with Crippen molar-refractivity contribution in [2.24, 2.45) is 11.8 Å². The van der Waals surface area contributed by atoms with Gasteiger partial charge in [0, 0.05) is 0 Å². The maximum Gasteiger partial charge on any atom is -0.0203 e. The molecule has 0 heterocycles. The van der Waals surface area contributed by atoms with E-state index >= 15 is 0 Å². The minimum absolute atomic E-state index is 0.870. The van der Waals surface area contributed by atoms with Crippen molar-refractivity contribution in [2.75, 3.05) is 0 Å². The first-order valence-corrected chi connectivity index (χ1v) is 3.90. The number of hydrogen-bond donors (Lipinski definition) is 0. The van der Waals surface area contributed by atoms with Crippen molar-refractivity contribution in [1.29, 1.82) is 0 Å². The second kappa shape index (κ2) is 1.86. The summed E-state index contributed by atoms with van der Waals surface area (Å²) in [5.74, 6) is 1.78. The number of fused-ring (bicyclic) bond motifs is 2. The van der Waals surface area contributed by atoms with Crippen LogP contribution < -0.4 is 0 Å².